The zero-order valence-corrected chi connectivity index (χ0v) is 13.8. The maximum absolute atomic E-state index is 11.1. The molecule has 0 fully saturated rings. The number of hydrogen-bond donors (Lipinski definition) is 0. The molecular formula is C17H17BrO4. The number of ether oxygens (including phenoxy) is 3. The summed E-state index contributed by atoms with van der Waals surface area (Å²) in [5.41, 5.74) is 1.12. The quantitative estimate of drug-likeness (QED) is 0.423. The van der Waals surface area contributed by atoms with Gasteiger partial charge in [-0.15, -0.1) is 0 Å². The molecule has 0 heterocycles. The summed E-state index contributed by atoms with van der Waals surface area (Å²) in [4.78, 5) is 11.1. The Hall–Kier alpha value is -1.85. The second-order valence-electron chi connectivity index (χ2n) is 4.57. The molecule has 5 heteroatoms. The fraction of sp³-hybridized carbons (Fsp3) is 0.235. The smallest absolute Gasteiger partial charge is 0.308 e. The molecule has 0 aliphatic carbocycles. The third kappa shape index (κ3) is 5.50. The van der Waals surface area contributed by atoms with Crippen molar-refractivity contribution in [2.45, 2.75) is 13.5 Å². The Bertz CT molecular complexity index is 613. The van der Waals surface area contributed by atoms with Gasteiger partial charge in [0.25, 0.3) is 0 Å². The predicted octanol–water partition coefficient (Wildman–Crippen LogP) is 3.97. The zero-order valence-electron chi connectivity index (χ0n) is 12.3. The molecule has 2 aromatic rings. The molecule has 0 unspecified atom stereocenters. The van der Waals surface area contributed by atoms with E-state index < -0.39 is 0 Å². The minimum Gasteiger partial charge on any atom is -0.487 e. The Balaban J connectivity index is 1.81. The van der Waals surface area contributed by atoms with Gasteiger partial charge in [-0.3, -0.25) is 4.79 Å². The van der Waals surface area contributed by atoms with Gasteiger partial charge in [-0.05, 0) is 23.8 Å². The largest absolute Gasteiger partial charge is 0.487 e. The van der Waals surface area contributed by atoms with E-state index in [2.05, 4.69) is 15.9 Å². The lowest BCUT2D eigenvalue weighted by Crippen LogP contribution is -2.09. The van der Waals surface area contributed by atoms with Crippen molar-refractivity contribution in [3.8, 4) is 11.5 Å². The monoisotopic (exact) mass is 364 g/mol. The lowest BCUT2D eigenvalue weighted by Gasteiger charge is -2.11. The van der Waals surface area contributed by atoms with E-state index in [1.165, 1.54) is 6.92 Å². The third-order valence-electron chi connectivity index (χ3n) is 2.76. The third-order valence-corrected chi connectivity index (χ3v) is 3.25. The molecule has 0 atom stereocenters. The van der Waals surface area contributed by atoms with E-state index in [1.807, 2.05) is 30.3 Å². The van der Waals surface area contributed by atoms with Gasteiger partial charge in [0.05, 0.1) is 13.2 Å². The fourth-order valence-electron chi connectivity index (χ4n) is 1.81. The Morgan fingerprint density at radius 3 is 2.55 bits per heavy atom. The second-order valence-corrected chi connectivity index (χ2v) is 5.49. The van der Waals surface area contributed by atoms with E-state index in [0.29, 0.717) is 31.3 Å². The summed E-state index contributed by atoms with van der Waals surface area (Å²) in [6.07, 6.45) is 0. The number of carbonyl (C=O) groups is 1. The van der Waals surface area contributed by atoms with Crippen LogP contribution < -0.4 is 9.47 Å². The number of halogens is 1. The molecule has 116 valence electrons. The predicted molar refractivity (Wildman–Crippen MR) is 87.0 cm³/mol. The van der Waals surface area contributed by atoms with E-state index in [9.17, 15) is 4.79 Å². The molecule has 0 aromatic heterocycles. The van der Waals surface area contributed by atoms with Crippen molar-refractivity contribution in [3.63, 3.8) is 0 Å². The van der Waals surface area contributed by atoms with Crippen molar-refractivity contribution < 1.29 is 19.0 Å². The molecule has 4 nitrogen and oxygen atoms in total. The van der Waals surface area contributed by atoms with Gasteiger partial charge in [-0.25, -0.2) is 0 Å². The number of carbonyl (C=O) groups excluding carboxylic acids is 1. The summed E-state index contributed by atoms with van der Waals surface area (Å²) >= 11 is 3.36. The van der Waals surface area contributed by atoms with Gasteiger partial charge in [0, 0.05) is 11.4 Å². The molecule has 0 saturated heterocycles. The van der Waals surface area contributed by atoms with Crippen LogP contribution in [0.2, 0.25) is 0 Å². The highest BCUT2D eigenvalue weighted by Gasteiger charge is 2.08. The summed E-state index contributed by atoms with van der Waals surface area (Å²) in [5.74, 6) is 0.527. The first-order valence-corrected chi connectivity index (χ1v) is 7.67. The van der Waals surface area contributed by atoms with Crippen LogP contribution >= 0.6 is 15.9 Å². The summed E-state index contributed by atoms with van der Waals surface area (Å²) in [6.45, 7) is 2.72. The van der Waals surface area contributed by atoms with Crippen LogP contribution in [0.1, 0.15) is 12.5 Å². The van der Waals surface area contributed by atoms with Crippen molar-refractivity contribution in [3.05, 3.63) is 58.6 Å². The average molecular weight is 365 g/mol. The van der Waals surface area contributed by atoms with E-state index in [-0.39, 0.29) is 5.97 Å². The maximum atomic E-state index is 11.1. The fourth-order valence-corrected chi connectivity index (χ4v) is 2.15. The van der Waals surface area contributed by atoms with Crippen LogP contribution in [0.25, 0.3) is 0 Å². The number of esters is 1. The molecule has 0 N–H and O–H groups in total. The molecule has 0 amide bonds. The van der Waals surface area contributed by atoms with E-state index in [4.69, 9.17) is 14.2 Å². The number of rotatable bonds is 7. The Labute approximate surface area is 138 Å². The molecule has 0 bridgehead atoms. The summed E-state index contributed by atoms with van der Waals surface area (Å²) in [5, 5.41) is 0. The highest BCUT2D eigenvalue weighted by Crippen LogP contribution is 2.30. The van der Waals surface area contributed by atoms with Crippen LogP contribution in [0.4, 0.5) is 0 Å². The molecule has 2 rings (SSSR count). The van der Waals surface area contributed by atoms with Gasteiger partial charge in [0.1, 0.15) is 6.61 Å². The molecule has 0 aliphatic rings. The van der Waals surface area contributed by atoms with Crippen LogP contribution in [0.5, 0.6) is 11.5 Å². The van der Waals surface area contributed by atoms with E-state index in [1.54, 1.807) is 18.2 Å². The normalized spacial score (nSPS) is 10.3. The summed E-state index contributed by atoms with van der Waals surface area (Å²) < 4.78 is 17.1. The SMILES string of the molecule is CC(=O)Oc1ccc(Br)cc1OCCOCc1ccccc1. The van der Waals surface area contributed by atoms with Crippen LogP contribution in [-0.4, -0.2) is 19.2 Å². The van der Waals surface area contributed by atoms with Gasteiger partial charge in [-0.1, -0.05) is 46.3 Å². The van der Waals surface area contributed by atoms with Gasteiger partial charge in [0.15, 0.2) is 11.5 Å². The summed E-state index contributed by atoms with van der Waals surface area (Å²) in [6, 6.07) is 15.2. The van der Waals surface area contributed by atoms with Crippen molar-refractivity contribution >= 4 is 21.9 Å². The zero-order chi connectivity index (χ0) is 15.8. The Morgan fingerprint density at radius 1 is 1.05 bits per heavy atom. The standard InChI is InChI=1S/C17H17BrO4/c1-13(19)22-16-8-7-15(18)11-17(16)21-10-9-20-12-14-5-3-2-4-6-14/h2-8,11H,9-10,12H2,1H3. The first kappa shape index (κ1) is 16.5. The molecule has 0 aliphatic heterocycles. The molecular weight excluding hydrogens is 348 g/mol. The minimum atomic E-state index is -0.382. The lowest BCUT2D eigenvalue weighted by molar-refractivity contribution is -0.132. The molecule has 22 heavy (non-hydrogen) atoms. The summed E-state index contributed by atoms with van der Waals surface area (Å²) in [7, 11) is 0. The van der Waals surface area contributed by atoms with E-state index >= 15 is 0 Å². The van der Waals surface area contributed by atoms with Crippen LogP contribution in [-0.2, 0) is 16.1 Å². The second kappa shape index (κ2) is 8.56. The van der Waals surface area contributed by atoms with Gasteiger partial charge < -0.3 is 14.2 Å². The van der Waals surface area contributed by atoms with Crippen molar-refractivity contribution in [2.75, 3.05) is 13.2 Å². The Morgan fingerprint density at radius 2 is 1.82 bits per heavy atom. The average Bonchev–Trinajstić information content (AvgIpc) is 2.50. The van der Waals surface area contributed by atoms with Gasteiger partial charge >= 0.3 is 5.97 Å². The van der Waals surface area contributed by atoms with Crippen LogP contribution in [0.3, 0.4) is 0 Å². The van der Waals surface area contributed by atoms with Gasteiger partial charge in [-0.2, -0.15) is 0 Å². The van der Waals surface area contributed by atoms with Gasteiger partial charge in [0.2, 0.25) is 0 Å². The minimum absolute atomic E-state index is 0.373. The lowest BCUT2D eigenvalue weighted by atomic mass is 10.2. The highest BCUT2D eigenvalue weighted by molar-refractivity contribution is 9.10. The number of hydrogen-bond acceptors (Lipinski definition) is 4. The number of benzene rings is 2. The maximum Gasteiger partial charge on any atom is 0.308 e. The first-order valence-electron chi connectivity index (χ1n) is 6.87. The van der Waals surface area contributed by atoms with Crippen LogP contribution in [0.15, 0.2) is 53.0 Å². The van der Waals surface area contributed by atoms with Crippen molar-refractivity contribution in [2.24, 2.45) is 0 Å². The van der Waals surface area contributed by atoms with Crippen molar-refractivity contribution in [1.82, 2.24) is 0 Å². The molecule has 0 saturated carbocycles. The topological polar surface area (TPSA) is 44.8 Å². The molecule has 2 aromatic carbocycles. The molecule has 0 radical (unpaired) electrons. The molecule has 0 spiro atoms. The highest BCUT2D eigenvalue weighted by atomic mass is 79.9. The van der Waals surface area contributed by atoms with E-state index in [0.717, 1.165) is 10.0 Å². The van der Waals surface area contributed by atoms with Crippen molar-refractivity contribution in [1.29, 1.82) is 0 Å². The van der Waals surface area contributed by atoms with Crippen LogP contribution in [0, 0.1) is 0 Å². The Kier molecular flexibility index (Phi) is 6.43. The first-order chi connectivity index (χ1) is 10.6.